The minimum Gasteiger partial charge on any atom is -0.497 e. The normalized spacial score (nSPS) is 24.1. The molecule has 5 nitrogen and oxygen atoms in total. The van der Waals surface area contributed by atoms with Crippen LogP contribution < -0.4 is 4.74 Å². The van der Waals surface area contributed by atoms with Crippen molar-refractivity contribution in [1.29, 1.82) is 5.26 Å². The highest BCUT2D eigenvalue weighted by atomic mass is 32.2. The van der Waals surface area contributed by atoms with Crippen molar-refractivity contribution in [3.8, 4) is 11.8 Å². The molecule has 1 fully saturated rings. The average Bonchev–Trinajstić information content (AvgIpc) is 3.08. The Morgan fingerprint density at radius 2 is 1.89 bits per heavy atom. The van der Waals surface area contributed by atoms with Crippen LogP contribution in [0.3, 0.4) is 0 Å². The Hall–Kier alpha value is -2.75. The zero-order valence-electron chi connectivity index (χ0n) is 15.7. The van der Waals surface area contributed by atoms with Crippen molar-refractivity contribution < 1.29 is 14.6 Å². The van der Waals surface area contributed by atoms with E-state index in [0.29, 0.717) is 21.9 Å². The first kappa shape index (κ1) is 18.6. The Kier molecular flexibility index (Phi) is 4.66. The van der Waals surface area contributed by atoms with Crippen LogP contribution in [0.4, 0.5) is 0 Å². The van der Waals surface area contributed by atoms with Gasteiger partial charge in [-0.3, -0.25) is 9.69 Å². The maximum atomic E-state index is 13.1. The highest BCUT2D eigenvalue weighted by Crippen LogP contribution is 2.51. The summed E-state index contributed by atoms with van der Waals surface area (Å²) in [6, 6.07) is 17.2. The van der Waals surface area contributed by atoms with Gasteiger partial charge < -0.3 is 9.84 Å². The molecule has 0 radical (unpaired) electrons. The number of methoxy groups -OCH3 is 1. The maximum absolute atomic E-state index is 13.1. The molecule has 0 aliphatic carbocycles. The van der Waals surface area contributed by atoms with Crippen LogP contribution in [-0.4, -0.2) is 28.8 Å². The highest BCUT2D eigenvalue weighted by Gasteiger charge is 2.51. The standard InChI is InChI=1S/C22H20N2O3S/c1-14-3-5-15(6-4-14)18-11-20(25)24-21(19(18)12-23)28-13-22(24,26)16-7-9-17(27-2)10-8-16/h3-10,18,26H,11,13H2,1-2H3. The molecule has 2 heterocycles. The third-order valence-corrected chi connectivity index (χ3v) is 6.57. The third kappa shape index (κ3) is 2.88. The summed E-state index contributed by atoms with van der Waals surface area (Å²) in [6.07, 6.45) is 0.161. The van der Waals surface area contributed by atoms with Crippen molar-refractivity contribution in [2.75, 3.05) is 12.9 Å². The van der Waals surface area contributed by atoms with Gasteiger partial charge in [0.1, 0.15) is 5.75 Å². The molecule has 2 unspecified atom stereocenters. The quantitative estimate of drug-likeness (QED) is 0.863. The molecule has 1 amide bonds. The summed E-state index contributed by atoms with van der Waals surface area (Å²) >= 11 is 1.36. The molecular formula is C22H20N2O3S. The molecular weight excluding hydrogens is 372 g/mol. The fraction of sp³-hybridized carbons (Fsp3) is 0.273. The van der Waals surface area contributed by atoms with E-state index in [9.17, 15) is 15.2 Å². The van der Waals surface area contributed by atoms with Gasteiger partial charge >= 0.3 is 0 Å². The second-order valence-electron chi connectivity index (χ2n) is 7.06. The van der Waals surface area contributed by atoms with Crippen molar-refractivity contribution >= 4 is 17.7 Å². The summed E-state index contributed by atoms with van der Waals surface area (Å²) in [5.41, 5.74) is 1.75. The number of ether oxygens (including phenoxy) is 1. The van der Waals surface area contributed by atoms with Gasteiger partial charge in [-0.15, -0.1) is 11.8 Å². The Balaban J connectivity index is 1.77. The van der Waals surface area contributed by atoms with Crippen molar-refractivity contribution in [3.63, 3.8) is 0 Å². The summed E-state index contributed by atoms with van der Waals surface area (Å²) < 4.78 is 5.18. The van der Waals surface area contributed by atoms with Gasteiger partial charge in [-0.1, -0.05) is 42.0 Å². The van der Waals surface area contributed by atoms with Gasteiger partial charge in [0.2, 0.25) is 5.91 Å². The van der Waals surface area contributed by atoms with E-state index in [4.69, 9.17) is 4.74 Å². The van der Waals surface area contributed by atoms with E-state index in [1.807, 2.05) is 31.2 Å². The smallest absolute Gasteiger partial charge is 0.231 e. The maximum Gasteiger partial charge on any atom is 0.231 e. The molecule has 1 saturated heterocycles. The predicted molar refractivity (Wildman–Crippen MR) is 107 cm³/mol. The summed E-state index contributed by atoms with van der Waals surface area (Å²) in [7, 11) is 1.58. The van der Waals surface area contributed by atoms with Gasteiger partial charge in [-0.25, -0.2) is 0 Å². The first-order chi connectivity index (χ1) is 13.5. The number of benzene rings is 2. The van der Waals surface area contributed by atoms with E-state index in [1.54, 1.807) is 31.4 Å². The van der Waals surface area contributed by atoms with Crippen LogP contribution in [0, 0.1) is 18.3 Å². The molecule has 28 heavy (non-hydrogen) atoms. The number of fused-ring (bicyclic) bond motifs is 1. The van der Waals surface area contributed by atoms with Crippen LogP contribution in [0.5, 0.6) is 5.75 Å². The Labute approximate surface area is 168 Å². The molecule has 0 saturated carbocycles. The number of hydrogen-bond acceptors (Lipinski definition) is 5. The van der Waals surface area contributed by atoms with Gasteiger partial charge in [0, 0.05) is 17.9 Å². The summed E-state index contributed by atoms with van der Waals surface area (Å²) in [4.78, 5) is 14.5. The zero-order valence-corrected chi connectivity index (χ0v) is 16.5. The van der Waals surface area contributed by atoms with Crippen molar-refractivity contribution in [3.05, 3.63) is 75.8 Å². The average molecular weight is 392 g/mol. The first-order valence-corrected chi connectivity index (χ1v) is 10.00. The lowest BCUT2D eigenvalue weighted by Gasteiger charge is -2.38. The van der Waals surface area contributed by atoms with E-state index >= 15 is 0 Å². The molecule has 2 aliphatic heterocycles. The van der Waals surface area contributed by atoms with E-state index in [-0.39, 0.29) is 24.0 Å². The number of allylic oxidation sites excluding steroid dienone is 1. The number of amides is 1. The molecule has 4 rings (SSSR count). The lowest BCUT2D eigenvalue weighted by atomic mass is 9.85. The van der Waals surface area contributed by atoms with Gasteiger partial charge in [-0.2, -0.15) is 5.26 Å². The third-order valence-electron chi connectivity index (χ3n) is 5.34. The predicted octanol–water partition coefficient (Wildman–Crippen LogP) is 3.65. The van der Waals surface area contributed by atoms with Crippen LogP contribution in [0.1, 0.15) is 29.0 Å². The summed E-state index contributed by atoms with van der Waals surface area (Å²) in [5.74, 6) is 0.500. The molecule has 1 N–H and O–H groups in total. The number of rotatable bonds is 3. The minimum absolute atomic E-state index is 0.161. The van der Waals surface area contributed by atoms with Crippen molar-refractivity contribution in [2.24, 2.45) is 0 Å². The second kappa shape index (κ2) is 7.01. The number of nitriles is 1. The lowest BCUT2D eigenvalue weighted by molar-refractivity contribution is -0.149. The molecule has 2 atom stereocenters. The highest BCUT2D eigenvalue weighted by molar-refractivity contribution is 8.03. The number of thioether (sulfide) groups is 1. The number of hydrogen-bond donors (Lipinski definition) is 1. The minimum atomic E-state index is -1.47. The molecule has 142 valence electrons. The van der Waals surface area contributed by atoms with Gasteiger partial charge in [0.25, 0.3) is 0 Å². The fourth-order valence-electron chi connectivity index (χ4n) is 3.78. The fourth-order valence-corrected chi connectivity index (χ4v) is 5.14. The number of aliphatic hydroxyl groups is 1. The van der Waals surface area contributed by atoms with Gasteiger partial charge in [-0.05, 0) is 24.6 Å². The van der Waals surface area contributed by atoms with Gasteiger partial charge in [0.05, 0.1) is 29.5 Å². The molecule has 0 spiro atoms. The number of carbonyl (C=O) groups excluding carboxylic acids is 1. The Morgan fingerprint density at radius 1 is 1.21 bits per heavy atom. The van der Waals surface area contributed by atoms with E-state index in [0.717, 1.165) is 11.1 Å². The topological polar surface area (TPSA) is 73.6 Å². The van der Waals surface area contributed by atoms with Crippen LogP contribution in [0.15, 0.2) is 59.1 Å². The molecule has 0 bridgehead atoms. The zero-order chi connectivity index (χ0) is 19.9. The van der Waals surface area contributed by atoms with Crippen LogP contribution in [0.25, 0.3) is 0 Å². The molecule has 2 aliphatic rings. The number of aryl methyl sites for hydroxylation is 1. The number of carbonyl (C=O) groups is 1. The molecule has 6 heteroatoms. The van der Waals surface area contributed by atoms with Crippen molar-refractivity contribution in [1.82, 2.24) is 4.90 Å². The first-order valence-electron chi connectivity index (χ1n) is 9.01. The van der Waals surface area contributed by atoms with E-state index in [1.165, 1.54) is 16.7 Å². The molecule has 0 aromatic heterocycles. The molecule has 2 aromatic rings. The van der Waals surface area contributed by atoms with E-state index in [2.05, 4.69) is 6.07 Å². The monoisotopic (exact) mass is 392 g/mol. The summed E-state index contributed by atoms with van der Waals surface area (Å²) in [6.45, 7) is 2.00. The summed E-state index contributed by atoms with van der Waals surface area (Å²) in [5, 5.41) is 21.8. The Morgan fingerprint density at radius 3 is 2.50 bits per heavy atom. The van der Waals surface area contributed by atoms with E-state index < -0.39 is 5.72 Å². The largest absolute Gasteiger partial charge is 0.497 e. The van der Waals surface area contributed by atoms with Crippen LogP contribution in [-0.2, 0) is 10.5 Å². The second-order valence-corrected chi connectivity index (χ2v) is 8.03. The van der Waals surface area contributed by atoms with Crippen molar-refractivity contribution in [2.45, 2.75) is 25.0 Å². The lowest BCUT2D eigenvalue weighted by Crippen LogP contribution is -2.48. The van der Waals surface area contributed by atoms with Gasteiger partial charge in [0.15, 0.2) is 5.72 Å². The SMILES string of the molecule is COc1ccc(C2(O)CSC3=C(C#N)C(c4ccc(C)cc4)CC(=O)N32)cc1. The Bertz CT molecular complexity index is 992. The number of nitrogens with zero attached hydrogens (tertiary/aromatic N) is 2. The van der Waals surface area contributed by atoms with Crippen LogP contribution in [0.2, 0.25) is 0 Å². The molecule has 2 aromatic carbocycles. The van der Waals surface area contributed by atoms with Crippen LogP contribution >= 0.6 is 11.8 Å².